The molecule has 1 aromatic carbocycles. The summed E-state index contributed by atoms with van der Waals surface area (Å²) in [6.45, 7) is 0. The lowest BCUT2D eigenvalue weighted by atomic mass is 10.2. The number of fused-ring (bicyclic) bond motifs is 1. The minimum absolute atomic E-state index is 0.363. The first-order valence-electron chi connectivity index (χ1n) is 3.63. The number of aromatic amines is 1. The van der Waals surface area contributed by atoms with E-state index < -0.39 is 0 Å². The fourth-order valence-corrected chi connectivity index (χ4v) is 1.70. The number of H-pyrrole nitrogens is 1. The van der Waals surface area contributed by atoms with Crippen LogP contribution in [0.3, 0.4) is 0 Å². The Balaban J connectivity index is 2.82. The van der Waals surface area contributed by atoms with Crippen LogP contribution in [0.4, 0.5) is 4.39 Å². The number of hydrogen-bond donors (Lipinski definition) is 1. The molecular weight excluding hydrogens is 237 g/mol. The SMILES string of the molecule is O=Cc1cc2cc(Br)cc(F)c2[nH]1. The highest BCUT2D eigenvalue weighted by molar-refractivity contribution is 9.10. The smallest absolute Gasteiger partial charge is 0.166 e. The maximum Gasteiger partial charge on any atom is 0.166 e. The van der Waals surface area contributed by atoms with Gasteiger partial charge in [-0.05, 0) is 18.2 Å². The van der Waals surface area contributed by atoms with Crippen LogP contribution in [0, 0.1) is 5.82 Å². The van der Waals surface area contributed by atoms with Gasteiger partial charge in [0.25, 0.3) is 0 Å². The number of nitrogens with one attached hydrogen (secondary N) is 1. The Morgan fingerprint density at radius 1 is 1.38 bits per heavy atom. The summed E-state index contributed by atoms with van der Waals surface area (Å²) in [7, 11) is 0. The van der Waals surface area contributed by atoms with Gasteiger partial charge in [0.1, 0.15) is 5.82 Å². The van der Waals surface area contributed by atoms with Crippen LogP contribution in [0.1, 0.15) is 10.5 Å². The molecule has 0 amide bonds. The zero-order valence-electron chi connectivity index (χ0n) is 6.47. The third kappa shape index (κ3) is 1.37. The Bertz CT molecular complexity index is 478. The highest BCUT2D eigenvalue weighted by atomic mass is 79.9. The summed E-state index contributed by atoms with van der Waals surface area (Å²) in [5.74, 6) is -0.363. The number of carbonyl (C=O) groups is 1. The molecule has 2 aromatic rings. The second kappa shape index (κ2) is 2.96. The summed E-state index contributed by atoms with van der Waals surface area (Å²) in [5.41, 5.74) is 0.748. The van der Waals surface area contributed by atoms with Crippen LogP contribution in [0.15, 0.2) is 22.7 Å². The van der Waals surface area contributed by atoms with Gasteiger partial charge in [0, 0.05) is 9.86 Å². The Morgan fingerprint density at radius 2 is 2.15 bits per heavy atom. The van der Waals surface area contributed by atoms with Crippen molar-refractivity contribution in [3.05, 3.63) is 34.2 Å². The fraction of sp³-hybridized carbons (Fsp3) is 0. The highest BCUT2D eigenvalue weighted by Crippen LogP contribution is 2.23. The van der Waals surface area contributed by atoms with E-state index in [1.54, 1.807) is 12.1 Å². The van der Waals surface area contributed by atoms with Crippen LogP contribution in [-0.2, 0) is 0 Å². The molecule has 0 bridgehead atoms. The standard InChI is InChI=1S/C9H5BrFNO/c10-6-1-5-2-7(4-13)12-9(5)8(11)3-6/h1-4,12H. The van der Waals surface area contributed by atoms with Crippen molar-refractivity contribution >= 4 is 33.1 Å². The lowest BCUT2D eigenvalue weighted by Crippen LogP contribution is -1.79. The maximum atomic E-state index is 13.2. The van der Waals surface area contributed by atoms with Gasteiger partial charge in [-0.15, -0.1) is 0 Å². The normalized spacial score (nSPS) is 10.6. The second-order valence-corrected chi connectivity index (χ2v) is 3.61. The van der Waals surface area contributed by atoms with Crippen molar-refractivity contribution in [2.45, 2.75) is 0 Å². The first kappa shape index (κ1) is 8.44. The molecular formula is C9H5BrFNO. The second-order valence-electron chi connectivity index (χ2n) is 2.69. The Morgan fingerprint density at radius 3 is 2.85 bits per heavy atom. The van der Waals surface area contributed by atoms with Crippen LogP contribution in [-0.4, -0.2) is 11.3 Å². The summed E-state index contributed by atoms with van der Waals surface area (Å²) >= 11 is 3.17. The van der Waals surface area contributed by atoms with Crippen LogP contribution in [0.5, 0.6) is 0 Å². The first-order valence-corrected chi connectivity index (χ1v) is 4.43. The van der Waals surface area contributed by atoms with Gasteiger partial charge in [-0.3, -0.25) is 4.79 Å². The van der Waals surface area contributed by atoms with E-state index in [2.05, 4.69) is 20.9 Å². The summed E-state index contributed by atoms with van der Waals surface area (Å²) in [6, 6.07) is 4.71. The van der Waals surface area contributed by atoms with Crippen molar-refractivity contribution < 1.29 is 9.18 Å². The number of hydrogen-bond acceptors (Lipinski definition) is 1. The maximum absolute atomic E-state index is 13.2. The molecule has 0 aliphatic heterocycles. The molecule has 1 aromatic heterocycles. The topological polar surface area (TPSA) is 32.9 Å². The average Bonchev–Trinajstić information content (AvgIpc) is 2.47. The van der Waals surface area contributed by atoms with Crippen molar-refractivity contribution in [3.63, 3.8) is 0 Å². The molecule has 0 aliphatic carbocycles. The van der Waals surface area contributed by atoms with Gasteiger partial charge >= 0.3 is 0 Å². The number of carbonyl (C=O) groups excluding carboxylic acids is 1. The average molecular weight is 242 g/mol. The largest absolute Gasteiger partial charge is 0.350 e. The molecule has 66 valence electrons. The predicted octanol–water partition coefficient (Wildman–Crippen LogP) is 2.88. The van der Waals surface area contributed by atoms with Gasteiger partial charge in [0.05, 0.1) is 11.2 Å². The van der Waals surface area contributed by atoms with Gasteiger partial charge < -0.3 is 4.98 Å². The van der Waals surface area contributed by atoms with E-state index in [0.29, 0.717) is 27.4 Å². The summed E-state index contributed by atoms with van der Waals surface area (Å²) in [6.07, 6.45) is 0.660. The minimum atomic E-state index is -0.363. The number of benzene rings is 1. The number of halogens is 2. The van der Waals surface area contributed by atoms with E-state index in [1.807, 2.05) is 0 Å². The Hall–Kier alpha value is -1.16. The number of aromatic nitrogens is 1. The van der Waals surface area contributed by atoms with Gasteiger partial charge in [0.2, 0.25) is 0 Å². The van der Waals surface area contributed by atoms with Gasteiger partial charge in [-0.1, -0.05) is 15.9 Å². The van der Waals surface area contributed by atoms with Crippen LogP contribution in [0.2, 0.25) is 0 Å². The third-order valence-corrected chi connectivity index (χ3v) is 2.25. The molecule has 2 rings (SSSR count). The van der Waals surface area contributed by atoms with Crippen molar-refractivity contribution in [2.75, 3.05) is 0 Å². The molecule has 0 unspecified atom stereocenters. The van der Waals surface area contributed by atoms with E-state index in [-0.39, 0.29) is 5.82 Å². The van der Waals surface area contributed by atoms with Crippen molar-refractivity contribution in [3.8, 4) is 0 Å². The lowest BCUT2D eigenvalue weighted by molar-refractivity contribution is 0.112. The van der Waals surface area contributed by atoms with E-state index in [9.17, 15) is 9.18 Å². The van der Waals surface area contributed by atoms with Crippen molar-refractivity contribution in [2.24, 2.45) is 0 Å². The number of aldehydes is 1. The van der Waals surface area contributed by atoms with Gasteiger partial charge in [0.15, 0.2) is 6.29 Å². The zero-order valence-corrected chi connectivity index (χ0v) is 8.06. The van der Waals surface area contributed by atoms with Crippen LogP contribution in [0.25, 0.3) is 10.9 Å². The van der Waals surface area contributed by atoms with Gasteiger partial charge in [-0.2, -0.15) is 0 Å². The lowest BCUT2D eigenvalue weighted by Gasteiger charge is -1.93. The van der Waals surface area contributed by atoms with E-state index in [1.165, 1.54) is 6.07 Å². The third-order valence-electron chi connectivity index (χ3n) is 1.79. The molecule has 0 atom stereocenters. The van der Waals surface area contributed by atoms with Crippen LogP contribution >= 0.6 is 15.9 Å². The van der Waals surface area contributed by atoms with E-state index >= 15 is 0 Å². The van der Waals surface area contributed by atoms with Crippen molar-refractivity contribution in [1.29, 1.82) is 0 Å². The molecule has 0 saturated carbocycles. The molecule has 0 radical (unpaired) electrons. The molecule has 1 heterocycles. The predicted molar refractivity (Wildman–Crippen MR) is 51.3 cm³/mol. The highest BCUT2D eigenvalue weighted by Gasteiger charge is 2.05. The van der Waals surface area contributed by atoms with E-state index in [0.717, 1.165) is 0 Å². The Labute approximate surface area is 81.9 Å². The molecule has 4 heteroatoms. The molecule has 0 aliphatic rings. The quantitative estimate of drug-likeness (QED) is 0.766. The van der Waals surface area contributed by atoms with Crippen molar-refractivity contribution in [1.82, 2.24) is 4.98 Å². The summed E-state index contributed by atoms with van der Waals surface area (Å²) in [4.78, 5) is 13.1. The molecule has 0 spiro atoms. The van der Waals surface area contributed by atoms with E-state index in [4.69, 9.17) is 0 Å². The zero-order chi connectivity index (χ0) is 9.42. The van der Waals surface area contributed by atoms with Gasteiger partial charge in [-0.25, -0.2) is 4.39 Å². The molecule has 0 fully saturated rings. The first-order chi connectivity index (χ1) is 6.20. The molecule has 2 nitrogen and oxygen atoms in total. The Kier molecular flexibility index (Phi) is 1.92. The van der Waals surface area contributed by atoms with Crippen LogP contribution < -0.4 is 0 Å². The molecule has 0 saturated heterocycles. The minimum Gasteiger partial charge on any atom is -0.350 e. The molecule has 1 N–H and O–H groups in total. The fourth-order valence-electron chi connectivity index (χ4n) is 1.25. The number of rotatable bonds is 1. The molecule has 13 heavy (non-hydrogen) atoms. The summed E-state index contributed by atoms with van der Waals surface area (Å²) in [5, 5.41) is 0.689. The monoisotopic (exact) mass is 241 g/mol. The summed E-state index contributed by atoms with van der Waals surface area (Å²) < 4.78 is 13.9.